The van der Waals surface area contributed by atoms with Crippen molar-refractivity contribution in [3.63, 3.8) is 0 Å². The number of nitrogens with one attached hydrogen (secondary N) is 1. The Labute approximate surface area is 78.5 Å². The number of rotatable bonds is 1. The summed E-state index contributed by atoms with van der Waals surface area (Å²) in [5.74, 6) is -0.951. The summed E-state index contributed by atoms with van der Waals surface area (Å²) in [6.45, 7) is 0. The van der Waals surface area contributed by atoms with Crippen LogP contribution in [-0.2, 0) is 0 Å². The van der Waals surface area contributed by atoms with Crippen molar-refractivity contribution in [2.75, 3.05) is 0 Å². The van der Waals surface area contributed by atoms with Crippen molar-refractivity contribution in [2.24, 2.45) is 4.40 Å². The molecule has 66 valence electrons. The van der Waals surface area contributed by atoms with E-state index < -0.39 is 5.97 Å². The molecule has 0 aliphatic carbocycles. The summed E-state index contributed by atoms with van der Waals surface area (Å²) >= 11 is 1.26. The number of carbonyl (C=O) groups is 1. The van der Waals surface area contributed by atoms with Crippen LogP contribution in [0.1, 0.15) is 16.1 Å². The van der Waals surface area contributed by atoms with E-state index in [0.717, 1.165) is 4.90 Å². The lowest BCUT2D eigenvalue weighted by molar-refractivity contribution is 0.0691. The van der Waals surface area contributed by atoms with E-state index in [1.807, 2.05) is 0 Å². The maximum Gasteiger partial charge on any atom is 0.352 e. The Balaban J connectivity index is 2.54. The third-order valence-electron chi connectivity index (χ3n) is 1.66. The molecule has 1 aliphatic rings. The number of aromatic nitrogens is 1. The first kappa shape index (κ1) is 8.12. The normalized spacial score (nSPS) is 13.8. The van der Waals surface area contributed by atoms with Crippen molar-refractivity contribution < 1.29 is 9.90 Å². The first-order chi connectivity index (χ1) is 6.29. The monoisotopic (exact) mass is 194 g/mol. The average Bonchev–Trinajstić information content (AvgIpc) is 2.36. The number of hydrogen-bond donors (Lipinski definition) is 2. The number of nitrogens with zero attached hydrogens (tertiary/aromatic N) is 1. The number of carboxylic acid groups (broad SMARTS) is 1. The van der Waals surface area contributed by atoms with Gasteiger partial charge in [-0.15, -0.1) is 0 Å². The van der Waals surface area contributed by atoms with Gasteiger partial charge in [0.25, 0.3) is 0 Å². The number of allylic oxidation sites excluding steroid dienone is 1. The summed E-state index contributed by atoms with van der Waals surface area (Å²) in [7, 11) is 0. The van der Waals surface area contributed by atoms with Gasteiger partial charge in [0.05, 0.1) is 4.90 Å². The molecule has 0 atom stereocenters. The lowest BCUT2D eigenvalue weighted by Crippen LogP contribution is -1.98. The van der Waals surface area contributed by atoms with Crippen LogP contribution in [0.5, 0.6) is 0 Å². The van der Waals surface area contributed by atoms with Gasteiger partial charge >= 0.3 is 5.97 Å². The summed E-state index contributed by atoms with van der Waals surface area (Å²) in [5.41, 5.74) is 0.902. The molecule has 4 nitrogen and oxygen atoms in total. The van der Waals surface area contributed by atoms with Crippen LogP contribution in [0.3, 0.4) is 0 Å². The molecule has 5 heteroatoms. The molecule has 13 heavy (non-hydrogen) atoms. The molecule has 1 aliphatic heterocycles. The lowest BCUT2D eigenvalue weighted by atomic mass is 10.2. The van der Waals surface area contributed by atoms with Gasteiger partial charge in [0.1, 0.15) is 5.69 Å². The second kappa shape index (κ2) is 3.10. The third kappa shape index (κ3) is 1.38. The highest BCUT2D eigenvalue weighted by Gasteiger charge is 2.15. The van der Waals surface area contributed by atoms with Crippen LogP contribution >= 0.6 is 11.9 Å². The molecule has 0 radical (unpaired) electrons. The smallest absolute Gasteiger partial charge is 0.352 e. The minimum Gasteiger partial charge on any atom is -0.477 e. The first-order valence-corrected chi connectivity index (χ1v) is 4.38. The van der Waals surface area contributed by atoms with Crippen molar-refractivity contribution in [1.29, 1.82) is 0 Å². The summed E-state index contributed by atoms with van der Waals surface area (Å²) < 4.78 is 3.98. The highest BCUT2D eigenvalue weighted by Crippen LogP contribution is 2.28. The molecular formula is C8H6N2O2S. The number of hydrogen-bond acceptors (Lipinski definition) is 3. The summed E-state index contributed by atoms with van der Waals surface area (Å²) in [4.78, 5) is 14.3. The molecule has 0 saturated carbocycles. The fraction of sp³-hybridized carbons (Fsp3) is 0. The van der Waals surface area contributed by atoms with Crippen LogP contribution in [0.4, 0.5) is 0 Å². The fourth-order valence-electron chi connectivity index (χ4n) is 1.10. The second-order valence-corrected chi connectivity index (χ2v) is 3.28. The van der Waals surface area contributed by atoms with E-state index in [9.17, 15) is 4.79 Å². The van der Waals surface area contributed by atoms with Crippen LogP contribution in [0.15, 0.2) is 21.6 Å². The number of aromatic amines is 1. The molecule has 1 aromatic heterocycles. The van der Waals surface area contributed by atoms with Gasteiger partial charge in [0, 0.05) is 29.9 Å². The fourth-order valence-corrected chi connectivity index (χ4v) is 1.72. The molecule has 2 rings (SSSR count). The van der Waals surface area contributed by atoms with Crippen molar-refractivity contribution in [3.05, 3.63) is 23.5 Å². The van der Waals surface area contributed by atoms with Crippen molar-refractivity contribution in [2.45, 2.75) is 4.90 Å². The molecule has 0 spiro atoms. The van der Waals surface area contributed by atoms with Crippen molar-refractivity contribution in [3.8, 4) is 0 Å². The topological polar surface area (TPSA) is 65.4 Å². The largest absolute Gasteiger partial charge is 0.477 e. The SMILES string of the molecule is O=C(O)c1[nH]cc2c1C=CC=NS2. The Hall–Kier alpha value is -1.49. The van der Waals surface area contributed by atoms with Gasteiger partial charge in [-0.2, -0.15) is 0 Å². The predicted octanol–water partition coefficient (Wildman–Crippen LogP) is 1.82. The van der Waals surface area contributed by atoms with Gasteiger partial charge < -0.3 is 10.1 Å². The van der Waals surface area contributed by atoms with Gasteiger partial charge in [-0.25, -0.2) is 9.19 Å². The molecule has 0 saturated heterocycles. The van der Waals surface area contributed by atoms with Crippen LogP contribution in [0, 0.1) is 0 Å². The average molecular weight is 194 g/mol. The molecular weight excluding hydrogens is 188 g/mol. The standard InChI is InChI=1S/C8H6N2O2S/c11-8(12)7-5-2-1-3-10-13-6(5)4-9-7/h1-4,9H,(H,11,12). The summed E-state index contributed by atoms with van der Waals surface area (Å²) in [6, 6.07) is 0. The Morgan fingerprint density at radius 3 is 3.23 bits per heavy atom. The van der Waals surface area contributed by atoms with E-state index in [1.165, 1.54) is 11.9 Å². The predicted molar refractivity (Wildman–Crippen MR) is 51.1 cm³/mol. The molecule has 0 bridgehead atoms. The molecule has 0 aromatic carbocycles. The molecule has 2 N–H and O–H groups in total. The molecule has 0 fully saturated rings. The third-order valence-corrected chi connectivity index (χ3v) is 2.42. The van der Waals surface area contributed by atoms with Gasteiger partial charge in [-0.3, -0.25) is 0 Å². The quantitative estimate of drug-likeness (QED) is 0.670. The van der Waals surface area contributed by atoms with Crippen LogP contribution in [0.25, 0.3) is 6.08 Å². The molecule has 0 unspecified atom stereocenters. The maximum absolute atomic E-state index is 10.7. The zero-order chi connectivity index (χ0) is 9.26. The Kier molecular flexibility index (Phi) is 1.94. The number of aromatic carboxylic acids is 1. The van der Waals surface area contributed by atoms with E-state index in [1.54, 1.807) is 24.6 Å². The van der Waals surface area contributed by atoms with Crippen LogP contribution in [0.2, 0.25) is 0 Å². The van der Waals surface area contributed by atoms with Gasteiger partial charge in [-0.1, -0.05) is 0 Å². The summed E-state index contributed by atoms with van der Waals surface area (Å²) in [6.07, 6.45) is 6.74. The minimum atomic E-state index is -0.951. The van der Waals surface area contributed by atoms with Crippen LogP contribution < -0.4 is 0 Å². The van der Waals surface area contributed by atoms with Gasteiger partial charge in [-0.05, 0) is 12.2 Å². The first-order valence-electron chi connectivity index (χ1n) is 3.61. The van der Waals surface area contributed by atoms with Gasteiger partial charge in [0.15, 0.2) is 0 Å². The summed E-state index contributed by atoms with van der Waals surface area (Å²) in [5, 5.41) is 8.81. The van der Waals surface area contributed by atoms with E-state index >= 15 is 0 Å². The highest BCUT2D eigenvalue weighted by molar-refractivity contribution is 7.98. The van der Waals surface area contributed by atoms with E-state index in [4.69, 9.17) is 5.11 Å². The number of H-pyrrole nitrogens is 1. The van der Waals surface area contributed by atoms with Gasteiger partial charge in [0.2, 0.25) is 0 Å². The van der Waals surface area contributed by atoms with Crippen molar-refractivity contribution in [1.82, 2.24) is 4.98 Å². The molecule has 1 aromatic rings. The number of fused-ring (bicyclic) bond motifs is 1. The minimum absolute atomic E-state index is 0.212. The zero-order valence-electron chi connectivity index (χ0n) is 6.52. The second-order valence-electron chi connectivity index (χ2n) is 2.45. The Bertz CT molecular complexity index is 406. The maximum atomic E-state index is 10.7. The van der Waals surface area contributed by atoms with E-state index in [2.05, 4.69) is 9.38 Å². The van der Waals surface area contributed by atoms with Crippen molar-refractivity contribution >= 4 is 30.2 Å². The van der Waals surface area contributed by atoms with E-state index in [-0.39, 0.29) is 5.69 Å². The van der Waals surface area contributed by atoms with Crippen LogP contribution in [-0.4, -0.2) is 22.3 Å². The van der Waals surface area contributed by atoms with E-state index in [0.29, 0.717) is 5.56 Å². The molecule has 2 heterocycles. The number of carboxylic acids is 1. The Morgan fingerprint density at radius 1 is 1.62 bits per heavy atom. The lowest BCUT2D eigenvalue weighted by Gasteiger charge is -1.93. The Morgan fingerprint density at radius 2 is 2.46 bits per heavy atom. The highest BCUT2D eigenvalue weighted by atomic mass is 32.2. The zero-order valence-corrected chi connectivity index (χ0v) is 7.34. The molecule has 0 amide bonds.